The highest BCUT2D eigenvalue weighted by molar-refractivity contribution is 5.79. The number of hydrogen-bond acceptors (Lipinski definition) is 2. The number of nitrogens with zero attached hydrogens (tertiary/aromatic N) is 1. The van der Waals surface area contributed by atoms with E-state index in [0.29, 0.717) is 5.56 Å². The van der Waals surface area contributed by atoms with Crippen LogP contribution >= 0.6 is 0 Å². The van der Waals surface area contributed by atoms with Gasteiger partial charge in [0, 0.05) is 17.1 Å². The van der Waals surface area contributed by atoms with Gasteiger partial charge >= 0.3 is 0 Å². The van der Waals surface area contributed by atoms with Crippen LogP contribution in [0.4, 0.5) is 8.78 Å². The van der Waals surface area contributed by atoms with Gasteiger partial charge in [0.05, 0.1) is 5.52 Å². The van der Waals surface area contributed by atoms with E-state index in [9.17, 15) is 13.9 Å². The third kappa shape index (κ3) is 2.28. The molecular weight excluding hydrogens is 272 g/mol. The zero-order chi connectivity index (χ0) is 15.0. The fourth-order valence-electron chi connectivity index (χ4n) is 2.41. The Bertz CT molecular complexity index is 815. The maximum atomic E-state index is 13.9. The second-order valence-electron chi connectivity index (χ2n) is 5.08. The van der Waals surface area contributed by atoms with Crippen molar-refractivity contribution in [3.05, 3.63) is 77.5 Å². The second kappa shape index (κ2) is 4.90. The highest BCUT2D eigenvalue weighted by Gasteiger charge is 2.30. The minimum Gasteiger partial charge on any atom is -0.381 e. The van der Waals surface area contributed by atoms with Crippen LogP contribution in [-0.2, 0) is 5.60 Å². The monoisotopic (exact) mass is 285 g/mol. The number of benzene rings is 2. The van der Waals surface area contributed by atoms with E-state index in [0.717, 1.165) is 17.0 Å². The highest BCUT2D eigenvalue weighted by Crippen LogP contribution is 2.33. The molecule has 2 nitrogen and oxygen atoms in total. The first kappa shape index (κ1) is 13.6. The van der Waals surface area contributed by atoms with Crippen LogP contribution in [0.2, 0.25) is 0 Å². The second-order valence-corrected chi connectivity index (χ2v) is 5.08. The molecule has 0 amide bonds. The first-order valence-electron chi connectivity index (χ1n) is 6.52. The molecule has 0 aliphatic heterocycles. The van der Waals surface area contributed by atoms with Crippen molar-refractivity contribution in [2.75, 3.05) is 0 Å². The zero-order valence-corrected chi connectivity index (χ0v) is 11.3. The van der Waals surface area contributed by atoms with E-state index in [1.54, 1.807) is 30.5 Å². The molecule has 0 bridgehead atoms. The van der Waals surface area contributed by atoms with Crippen molar-refractivity contribution >= 4 is 10.9 Å². The molecule has 0 spiro atoms. The third-order valence-corrected chi connectivity index (χ3v) is 3.64. The first-order chi connectivity index (χ1) is 10.00. The number of aliphatic hydroxyl groups is 1. The predicted octanol–water partition coefficient (Wildman–Crippen LogP) is 3.77. The molecule has 1 atom stereocenters. The van der Waals surface area contributed by atoms with Crippen LogP contribution < -0.4 is 0 Å². The molecule has 2 aromatic carbocycles. The Kier molecular flexibility index (Phi) is 3.18. The maximum absolute atomic E-state index is 13.9. The molecule has 0 radical (unpaired) electrons. The van der Waals surface area contributed by atoms with Crippen molar-refractivity contribution in [3.8, 4) is 0 Å². The van der Waals surface area contributed by atoms with Crippen LogP contribution in [0, 0.1) is 11.6 Å². The highest BCUT2D eigenvalue weighted by atomic mass is 19.2. The van der Waals surface area contributed by atoms with E-state index in [1.165, 1.54) is 19.1 Å². The van der Waals surface area contributed by atoms with E-state index in [4.69, 9.17) is 0 Å². The van der Waals surface area contributed by atoms with E-state index in [1.807, 2.05) is 6.07 Å². The molecule has 4 heteroatoms. The summed E-state index contributed by atoms with van der Waals surface area (Å²) < 4.78 is 27.3. The number of pyridine rings is 1. The number of fused-ring (bicyclic) bond motifs is 1. The van der Waals surface area contributed by atoms with Crippen LogP contribution in [0.5, 0.6) is 0 Å². The SMILES string of the molecule is CC(O)(c1ccc2ncccc2c1)c1cccc(F)c1F. The molecule has 3 aromatic rings. The van der Waals surface area contributed by atoms with Crippen LogP contribution in [0.1, 0.15) is 18.1 Å². The van der Waals surface area contributed by atoms with E-state index >= 15 is 0 Å². The first-order valence-corrected chi connectivity index (χ1v) is 6.52. The topological polar surface area (TPSA) is 33.1 Å². The van der Waals surface area contributed by atoms with Crippen molar-refractivity contribution in [3.63, 3.8) is 0 Å². The summed E-state index contributed by atoms with van der Waals surface area (Å²) in [4.78, 5) is 4.19. The summed E-state index contributed by atoms with van der Waals surface area (Å²) in [5, 5.41) is 11.5. The quantitative estimate of drug-likeness (QED) is 0.777. The minimum atomic E-state index is -1.63. The molecule has 1 heterocycles. The van der Waals surface area contributed by atoms with Crippen molar-refractivity contribution in [1.82, 2.24) is 4.98 Å². The molecule has 106 valence electrons. The fraction of sp³-hybridized carbons (Fsp3) is 0.118. The van der Waals surface area contributed by atoms with Gasteiger partial charge in [-0.05, 0) is 36.8 Å². The summed E-state index contributed by atoms with van der Waals surface area (Å²) in [7, 11) is 0. The minimum absolute atomic E-state index is 0.0919. The van der Waals surface area contributed by atoms with Gasteiger partial charge in [-0.3, -0.25) is 4.98 Å². The van der Waals surface area contributed by atoms with Gasteiger partial charge in [0.1, 0.15) is 5.60 Å². The smallest absolute Gasteiger partial charge is 0.165 e. The summed E-state index contributed by atoms with van der Waals surface area (Å²) in [6.07, 6.45) is 1.67. The summed E-state index contributed by atoms with van der Waals surface area (Å²) in [6, 6.07) is 12.6. The molecule has 1 unspecified atom stereocenters. The van der Waals surface area contributed by atoms with Gasteiger partial charge in [0.25, 0.3) is 0 Å². The zero-order valence-electron chi connectivity index (χ0n) is 11.3. The lowest BCUT2D eigenvalue weighted by Crippen LogP contribution is -2.24. The molecule has 3 rings (SSSR count). The summed E-state index contributed by atoms with van der Waals surface area (Å²) in [5.41, 5.74) is -0.467. The van der Waals surface area contributed by atoms with Crippen LogP contribution in [-0.4, -0.2) is 10.1 Å². The van der Waals surface area contributed by atoms with E-state index in [-0.39, 0.29) is 5.56 Å². The summed E-state index contributed by atoms with van der Waals surface area (Å²) in [6.45, 7) is 1.45. The Labute approximate surface area is 120 Å². The van der Waals surface area contributed by atoms with Crippen LogP contribution in [0.3, 0.4) is 0 Å². The molecule has 0 aliphatic rings. The van der Waals surface area contributed by atoms with Crippen molar-refractivity contribution < 1.29 is 13.9 Å². The van der Waals surface area contributed by atoms with Crippen molar-refractivity contribution in [2.24, 2.45) is 0 Å². The number of hydrogen-bond donors (Lipinski definition) is 1. The molecule has 0 fully saturated rings. The number of rotatable bonds is 2. The Morgan fingerprint density at radius 2 is 1.86 bits per heavy atom. The van der Waals surface area contributed by atoms with Crippen molar-refractivity contribution in [1.29, 1.82) is 0 Å². The average Bonchev–Trinajstić information content (AvgIpc) is 2.49. The predicted molar refractivity (Wildman–Crippen MR) is 76.8 cm³/mol. The Morgan fingerprint density at radius 1 is 1.05 bits per heavy atom. The van der Waals surface area contributed by atoms with Crippen LogP contribution in [0.25, 0.3) is 10.9 Å². The molecule has 0 saturated carbocycles. The Hall–Kier alpha value is -2.33. The largest absolute Gasteiger partial charge is 0.381 e. The fourth-order valence-corrected chi connectivity index (χ4v) is 2.41. The summed E-state index contributed by atoms with van der Waals surface area (Å²) >= 11 is 0. The normalized spacial score (nSPS) is 14.1. The van der Waals surface area contributed by atoms with E-state index < -0.39 is 17.2 Å². The molecular formula is C17H13F2NO. The number of aromatic nitrogens is 1. The van der Waals surface area contributed by atoms with Gasteiger partial charge in [-0.2, -0.15) is 0 Å². The molecule has 1 aromatic heterocycles. The lowest BCUT2D eigenvalue weighted by atomic mass is 9.87. The van der Waals surface area contributed by atoms with Crippen LogP contribution in [0.15, 0.2) is 54.7 Å². The average molecular weight is 285 g/mol. The maximum Gasteiger partial charge on any atom is 0.165 e. The van der Waals surface area contributed by atoms with Gasteiger partial charge < -0.3 is 5.11 Å². The van der Waals surface area contributed by atoms with Crippen molar-refractivity contribution in [2.45, 2.75) is 12.5 Å². The van der Waals surface area contributed by atoms with E-state index in [2.05, 4.69) is 4.98 Å². The lowest BCUT2D eigenvalue weighted by Gasteiger charge is -2.25. The summed E-state index contributed by atoms with van der Waals surface area (Å²) in [5.74, 6) is -2.01. The molecule has 1 N–H and O–H groups in total. The standard InChI is InChI=1S/C17H13F2NO/c1-17(21,13-5-2-6-14(18)16(13)19)12-7-8-15-11(10-12)4-3-9-20-15/h2-10,21H,1H3. The third-order valence-electron chi connectivity index (χ3n) is 3.64. The Balaban J connectivity index is 2.17. The molecule has 21 heavy (non-hydrogen) atoms. The van der Waals surface area contributed by atoms with Gasteiger partial charge in [0.2, 0.25) is 0 Å². The van der Waals surface area contributed by atoms with Gasteiger partial charge in [-0.15, -0.1) is 0 Å². The van der Waals surface area contributed by atoms with Gasteiger partial charge in [-0.25, -0.2) is 8.78 Å². The van der Waals surface area contributed by atoms with Gasteiger partial charge in [-0.1, -0.05) is 24.3 Å². The lowest BCUT2D eigenvalue weighted by molar-refractivity contribution is 0.0971. The van der Waals surface area contributed by atoms with Gasteiger partial charge in [0.15, 0.2) is 11.6 Å². The Morgan fingerprint density at radius 3 is 2.67 bits per heavy atom. The number of halogens is 2. The molecule has 0 aliphatic carbocycles. The molecule has 0 saturated heterocycles.